The van der Waals surface area contributed by atoms with Gasteiger partial charge in [-0.1, -0.05) is 0 Å². The maximum atomic E-state index is 13.0. The zero-order valence-electron chi connectivity index (χ0n) is 16.3. The van der Waals surface area contributed by atoms with Gasteiger partial charge in [0.2, 0.25) is 0 Å². The molecule has 3 heterocycles. The average Bonchev–Trinajstić information content (AvgIpc) is 3.24. The van der Waals surface area contributed by atoms with Crippen LogP contribution in [0.15, 0.2) is 29.7 Å². The number of nitrogens with zero attached hydrogens (tertiary/aromatic N) is 4. The zero-order chi connectivity index (χ0) is 19.5. The van der Waals surface area contributed by atoms with Gasteiger partial charge in [0.1, 0.15) is 18.2 Å². The molecule has 8 heteroatoms. The number of hydrogen-bond donors (Lipinski definition) is 2. The highest BCUT2D eigenvalue weighted by atomic mass is 16.2. The summed E-state index contributed by atoms with van der Waals surface area (Å²) in [5.74, 6) is -0.241. The number of aromatic nitrogens is 4. The lowest BCUT2D eigenvalue weighted by Crippen LogP contribution is -2.42. The number of carbonyl (C=O) groups is 1. The van der Waals surface area contributed by atoms with Crippen molar-refractivity contribution in [3.8, 4) is 0 Å². The van der Waals surface area contributed by atoms with Gasteiger partial charge in [0.05, 0.1) is 6.04 Å². The van der Waals surface area contributed by atoms with Crippen molar-refractivity contribution in [1.29, 1.82) is 0 Å². The van der Waals surface area contributed by atoms with E-state index in [2.05, 4.69) is 20.7 Å². The highest BCUT2D eigenvalue weighted by molar-refractivity contribution is 5.95. The summed E-state index contributed by atoms with van der Waals surface area (Å²) >= 11 is 0. The van der Waals surface area contributed by atoms with E-state index < -0.39 is 0 Å². The van der Waals surface area contributed by atoms with Crippen molar-refractivity contribution in [2.75, 3.05) is 13.1 Å². The molecule has 1 saturated heterocycles. The lowest BCUT2D eigenvalue weighted by Gasteiger charge is -2.29. The van der Waals surface area contributed by atoms with Crippen LogP contribution in [0, 0.1) is 6.92 Å². The number of nitrogens with one attached hydrogen (secondary N) is 2. The van der Waals surface area contributed by atoms with E-state index in [4.69, 9.17) is 0 Å². The minimum atomic E-state index is -0.241. The van der Waals surface area contributed by atoms with Crippen molar-refractivity contribution in [2.24, 2.45) is 0 Å². The normalized spacial score (nSPS) is 23.5. The van der Waals surface area contributed by atoms with Crippen molar-refractivity contribution in [1.82, 2.24) is 30.0 Å². The summed E-state index contributed by atoms with van der Waals surface area (Å²) in [6.07, 6.45) is 10.6. The van der Waals surface area contributed by atoms with Crippen LogP contribution in [0.1, 0.15) is 66.5 Å². The van der Waals surface area contributed by atoms with E-state index in [-0.39, 0.29) is 23.6 Å². The Hall–Kier alpha value is -2.48. The van der Waals surface area contributed by atoms with Gasteiger partial charge in [0.15, 0.2) is 0 Å². The predicted octanol–water partition coefficient (Wildman–Crippen LogP) is 1.59. The molecular formula is C20H28N6O2. The molecule has 2 aromatic heterocycles. The van der Waals surface area contributed by atoms with E-state index in [1.165, 1.54) is 0 Å². The number of amides is 1. The molecule has 0 unspecified atom stereocenters. The summed E-state index contributed by atoms with van der Waals surface area (Å²) < 4.78 is 3.65. The van der Waals surface area contributed by atoms with Crippen LogP contribution < -0.4 is 16.2 Å². The van der Waals surface area contributed by atoms with E-state index in [1.807, 2.05) is 23.9 Å². The SMILES string of the molecule is Cc1ccn(C2CCNCC2)c(=O)c1C(=O)NC1CCC(n2cncn2)CC1. The van der Waals surface area contributed by atoms with Gasteiger partial charge >= 0.3 is 0 Å². The molecule has 0 bridgehead atoms. The molecular weight excluding hydrogens is 356 g/mol. The Kier molecular flexibility index (Phi) is 5.57. The van der Waals surface area contributed by atoms with Gasteiger partial charge < -0.3 is 15.2 Å². The van der Waals surface area contributed by atoms with Gasteiger partial charge in [-0.05, 0) is 70.2 Å². The fourth-order valence-corrected chi connectivity index (χ4v) is 4.44. The molecule has 1 amide bonds. The smallest absolute Gasteiger partial charge is 0.263 e. The molecule has 2 aliphatic rings. The number of pyridine rings is 1. The second kappa shape index (κ2) is 8.26. The summed E-state index contributed by atoms with van der Waals surface area (Å²) in [7, 11) is 0. The minimum Gasteiger partial charge on any atom is -0.349 e. The lowest BCUT2D eigenvalue weighted by atomic mass is 9.91. The average molecular weight is 384 g/mol. The molecule has 150 valence electrons. The summed E-state index contributed by atoms with van der Waals surface area (Å²) in [5, 5.41) is 10.6. The van der Waals surface area contributed by atoms with Crippen molar-refractivity contribution in [3.05, 3.63) is 46.4 Å². The quantitative estimate of drug-likeness (QED) is 0.835. The lowest BCUT2D eigenvalue weighted by molar-refractivity contribution is 0.0918. The molecule has 1 aliphatic carbocycles. The third kappa shape index (κ3) is 3.87. The first-order valence-electron chi connectivity index (χ1n) is 10.2. The molecule has 2 N–H and O–H groups in total. The molecule has 8 nitrogen and oxygen atoms in total. The van der Waals surface area contributed by atoms with Crippen molar-refractivity contribution >= 4 is 5.91 Å². The minimum absolute atomic E-state index is 0.0959. The van der Waals surface area contributed by atoms with Gasteiger partial charge in [0, 0.05) is 18.3 Å². The summed E-state index contributed by atoms with van der Waals surface area (Å²) in [6, 6.07) is 2.49. The monoisotopic (exact) mass is 384 g/mol. The number of piperidine rings is 1. The van der Waals surface area contributed by atoms with Crippen LogP contribution in [0.4, 0.5) is 0 Å². The molecule has 2 aromatic rings. The Balaban J connectivity index is 1.44. The van der Waals surface area contributed by atoms with E-state index >= 15 is 0 Å². The van der Waals surface area contributed by atoms with Crippen LogP contribution in [-0.4, -0.2) is 44.4 Å². The molecule has 28 heavy (non-hydrogen) atoms. The van der Waals surface area contributed by atoms with Gasteiger partial charge in [-0.2, -0.15) is 5.10 Å². The fraction of sp³-hybridized carbons (Fsp3) is 0.600. The van der Waals surface area contributed by atoms with Gasteiger partial charge in [0.25, 0.3) is 11.5 Å². The maximum absolute atomic E-state index is 13.0. The van der Waals surface area contributed by atoms with Crippen LogP contribution in [0.25, 0.3) is 0 Å². The van der Waals surface area contributed by atoms with Crippen LogP contribution in [0.2, 0.25) is 0 Å². The van der Waals surface area contributed by atoms with Crippen LogP contribution in [0.3, 0.4) is 0 Å². The standard InChI is InChI=1S/C20H28N6O2/c1-14-8-11-25(16-6-9-21-10-7-16)20(28)18(14)19(27)24-15-2-4-17(5-3-15)26-13-22-12-23-26/h8,11-13,15-17,21H,2-7,9-10H2,1H3,(H,24,27). The zero-order valence-corrected chi connectivity index (χ0v) is 16.3. The number of aryl methyl sites for hydroxylation is 1. The summed E-state index contributed by atoms with van der Waals surface area (Å²) in [6.45, 7) is 3.65. The Morgan fingerprint density at radius 1 is 1.14 bits per heavy atom. The van der Waals surface area contributed by atoms with Gasteiger partial charge in [-0.3, -0.25) is 9.59 Å². The van der Waals surface area contributed by atoms with Crippen LogP contribution in [-0.2, 0) is 0 Å². The first-order chi connectivity index (χ1) is 13.6. The molecule has 0 spiro atoms. The van der Waals surface area contributed by atoms with Crippen LogP contribution >= 0.6 is 0 Å². The first kappa shape index (κ1) is 18.9. The molecule has 2 fully saturated rings. The number of rotatable bonds is 4. The predicted molar refractivity (Wildman–Crippen MR) is 105 cm³/mol. The highest BCUT2D eigenvalue weighted by Gasteiger charge is 2.26. The summed E-state index contributed by atoms with van der Waals surface area (Å²) in [5.41, 5.74) is 0.865. The largest absolute Gasteiger partial charge is 0.349 e. The van der Waals surface area contributed by atoms with Crippen LogP contribution in [0.5, 0.6) is 0 Å². The second-order valence-electron chi connectivity index (χ2n) is 7.92. The molecule has 4 rings (SSSR count). The Morgan fingerprint density at radius 3 is 2.57 bits per heavy atom. The van der Waals surface area contributed by atoms with Crippen molar-refractivity contribution < 1.29 is 4.79 Å². The third-order valence-corrected chi connectivity index (χ3v) is 6.10. The molecule has 0 atom stereocenters. The molecule has 0 aromatic carbocycles. The topological polar surface area (TPSA) is 93.8 Å². The third-order valence-electron chi connectivity index (χ3n) is 6.10. The van der Waals surface area contributed by atoms with E-state index in [0.717, 1.165) is 57.2 Å². The Labute approximate surface area is 164 Å². The van der Waals surface area contributed by atoms with Gasteiger partial charge in [-0.25, -0.2) is 9.67 Å². The van der Waals surface area contributed by atoms with E-state index in [9.17, 15) is 9.59 Å². The van der Waals surface area contributed by atoms with Gasteiger partial charge in [-0.15, -0.1) is 0 Å². The molecule has 1 saturated carbocycles. The number of hydrogen-bond acceptors (Lipinski definition) is 5. The van der Waals surface area contributed by atoms with Crippen molar-refractivity contribution in [3.63, 3.8) is 0 Å². The second-order valence-corrected chi connectivity index (χ2v) is 7.92. The van der Waals surface area contributed by atoms with E-state index in [0.29, 0.717) is 11.6 Å². The first-order valence-corrected chi connectivity index (χ1v) is 10.2. The number of carbonyl (C=O) groups excluding carboxylic acids is 1. The molecule has 1 aliphatic heterocycles. The highest BCUT2D eigenvalue weighted by Crippen LogP contribution is 2.27. The maximum Gasteiger partial charge on any atom is 0.263 e. The summed E-state index contributed by atoms with van der Waals surface area (Å²) in [4.78, 5) is 30.0. The Morgan fingerprint density at radius 2 is 1.89 bits per heavy atom. The fourth-order valence-electron chi connectivity index (χ4n) is 4.44. The van der Waals surface area contributed by atoms with Crippen molar-refractivity contribution in [2.45, 2.75) is 63.6 Å². The van der Waals surface area contributed by atoms with E-state index in [1.54, 1.807) is 17.2 Å². The Bertz CT molecular complexity index is 861. The molecule has 0 radical (unpaired) electrons.